The molecule has 1 unspecified atom stereocenters. The summed E-state index contributed by atoms with van der Waals surface area (Å²) in [4.78, 5) is 0. The summed E-state index contributed by atoms with van der Waals surface area (Å²) >= 11 is 0. The highest BCUT2D eigenvalue weighted by Crippen LogP contribution is 2.24. The Bertz CT molecular complexity index is 664. The topological polar surface area (TPSA) is 26.0 Å². The molecule has 0 heterocycles. The Morgan fingerprint density at radius 1 is 1.00 bits per heavy atom. The van der Waals surface area contributed by atoms with Crippen LogP contribution in [0.4, 0.5) is 0 Å². The van der Waals surface area contributed by atoms with Crippen molar-refractivity contribution in [3.05, 3.63) is 82.9 Å². The predicted molar refractivity (Wildman–Crippen MR) is 97.5 cm³/mol. The molecule has 1 heteroatoms. The van der Waals surface area contributed by atoms with Crippen molar-refractivity contribution in [3.63, 3.8) is 0 Å². The Hall–Kier alpha value is -2.12. The van der Waals surface area contributed by atoms with Gasteiger partial charge < -0.3 is 5.73 Å². The summed E-state index contributed by atoms with van der Waals surface area (Å²) in [6.07, 6.45) is 9.33. The second-order valence-corrected chi connectivity index (χ2v) is 5.97. The molecular formula is C21H25N. The molecule has 1 nitrogen and oxygen atoms in total. The van der Waals surface area contributed by atoms with Gasteiger partial charge in [-0.25, -0.2) is 0 Å². The first kappa shape index (κ1) is 16.3. The van der Waals surface area contributed by atoms with Gasteiger partial charge in [-0.15, -0.1) is 0 Å². The Balaban J connectivity index is 2.10. The molecule has 2 N–H and O–H groups in total. The molecule has 0 aliphatic carbocycles. The summed E-state index contributed by atoms with van der Waals surface area (Å²) in [6, 6.07) is 16.8. The number of rotatable bonds is 5. The van der Waals surface area contributed by atoms with Gasteiger partial charge in [0.25, 0.3) is 0 Å². The molecule has 0 fully saturated rings. The van der Waals surface area contributed by atoms with Crippen LogP contribution in [0.2, 0.25) is 0 Å². The van der Waals surface area contributed by atoms with Crippen LogP contribution < -0.4 is 5.73 Å². The van der Waals surface area contributed by atoms with E-state index in [-0.39, 0.29) is 5.54 Å². The Morgan fingerprint density at radius 2 is 1.68 bits per heavy atom. The van der Waals surface area contributed by atoms with E-state index in [1.807, 2.05) is 18.2 Å². The maximum atomic E-state index is 6.31. The molecular weight excluding hydrogens is 266 g/mol. The minimum atomic E-state index is -0.250. The van der Waals surface area contributed by atoms with Crippen molar-refractivity contribution >= 4 is 12.2 Å². The van der Waals surface area contributed by atoms with Crippen LogP contribution in [0.1, 0.15) is 42.5 Å². The van der Waals surface area contributed by atoms with Crippen molar-refractivity contribution in [1.82, 2.24) is 0 Å². The van der Waals surface area contributed by atoms with Gasteiger partial charge in [-0.2, -0.15) is 0 Å². The first-order chi connectivity index (χ1) is 10.5. The van der Waals surface area contributed by atoms with Crippen molar-refractivity contribution in [2.45, 2.75) is 32.7 Å². The van der Waals surface area contributed by atoms with Crippen LogP contribution in [-0.2, 0) is 5.54 Å². The molecule has 0 radical (unpaired) electrons. The lowest BCUT2D eigenvalue weighted by Gasteiger charge is -2.24. The highest BCUT2D eigenvalue weighted by Gasteiger charge is 2.18. The summed E-state index contributed by atoms with van der Waals surface area (Å²) < 4.78 is 0. The van der Waals surface area contributed by atoms with Gasteiger partial charge in [-0.3, -0.25) is 0 Å². The van der Waals surface area contributed by atoms with E-state index in [0.717, 1.165) is 6.42 Å². The maximum Gasteiger partial charge on any atom is 0.0378 e. The lowest BCUT2D eigenvalue weighted by Crippen LogP contribution is -2.31. The molecule has 2 aromatic carbocycles. The van der Waals surface area contributed by atoms with Crippen LogP contribution in [0.15, 0.2) is 60.7 Å². The van der Waals surface area contributed by atoms with E-state index in [4.69, 9.17) is 5.73 Å². The van der Waals surface area contributed by atoms with Gasteiger partial charge in [0.2, 0.25) is 0 Å². The average molecular weight is 291 g/mol. The minimum Gasteiger partial charge on any atom is -0.322 e. The van der Waals surface area contributed by atoms with E-state index in [9.17, 15) is 0 Å². The van der Waals surface area contributed by atoms with E-state index in [1.165, 1.54) is 22.3 Å². The first-order valence-electron chi connectivity index (χ1n) is 7.83. The number of hydrogen-bond acceptors (Lipinski definition) is 1. The molecule has 0 saturated carbocycles. The zero-order valence-corrected chi connectivity index (χ0v) is 13.7. The van der Waals surface area contributed by atoms with Crippen LogP contribution in [0.5, 0.6) is 0 Å². The van der Waals surface area contributed by atoms with Crippen molar-refractivity contribution in [1.29, 1.82) is 0 Å². The second-order valence-electron chi connectivity index (χ2n) is 5.97. The van der Waals surface area contributed by atoms with Crippen LogP contribution >= 0.6 is 0 Å². The summed E-state index contributed by atoms with van der Waals surface area (Å²) in [6.45, 7) is 6.34. The third kappa shape index (κ3) is 4.19. The standard InChI is InChI=1S/C21H25N/c1-4-21(3,22)20-15-14-19(17(2)16-20)13-9-8-12-18-10-6-5-7-11-18/h5-16H,4,22H2,1-3H3/b12-8+,13-9+. The molecule has 2 rings (SSSR count). The number of allylic oxidation sites excluding steroid dienone is 2. The van der Waals surface area contributed by atoms with Crippen LogP contribution in [-0.4, -0.2) is 0 Å². The molecule has 0 bridgehead atoms. The van der Waals surface area contributed by atoms with Crippen molar-refractivity contribution < 1.29 is 0 Å². The fraction of sp³-hybridized carbons (Fsp3) is 0.238. The van der Waals surface area contributed by atoms with E-state index in [0.29, 0.717) is 0 Å². The largest absolute Gasteiger partial charge is 0.322 e. The van der Waals surface area contributed by atoms with Gasteiger partial charge in [0, 0.05) is 5.54 Å². The zero-order chi connectivity index (χ0) is 16.0. The molecule has 0 saturated heterocycles. The average Bonchev–Trinajstić information content (AvgIpc) is 2.53. The smallest absolute Gasteiger partial charge is 0.0378 e. The molecule has 0 aromatic heterocycles. The van der Waals surface area contributed by atoms with E-state index in [2.05, 4.69) is 75.4 Å². The highest BCUT2D eigenvalue weighted by atomic mass is 14.7. The number of hydrogen-bond donors (Lipinski definition) is 1. The van der Waals surface area contributed by atoms with Gasteiger partial charge in [-0.05, 0) is 42.5 Å². The third-order valence-electron chi connectivity index (χ3n) is 4.14. The fourth-order valence-electron chi connectivity index (χ4n) is 2.31. The van der Waals surface area contributed by atoms with E-state index < -0.39 is 0 Å². The number of aryl methyl sites for hydroxylation is 1. The number of benzene rings is 2. The van der Waals surface area contributed by atoms with Gasteiger partial charge in [0.15, 0.2) is 0 Å². The van der Waals surface area contributed by atoms with Gasteiger partial charge in [0.05, 0.1) is 0 Å². The quantitative estimate of drug-likeness (QED) is 0.743. The van der Waals surface area contributed by atoms with Gasteiger partial charge >= 0.3 is 0 Å². The lowest BCUT2D eigenvalue weighted by atomic mass is 9.88. The molecule has 0 aliphatic heterocycles. The van der Waals surface area contributed by atoms with Gasteiger partial charge in [0.1, 0.15) is 0 Å². The summed E-state index contributed by atoms with van der Waals surface area (Å²) in [5, 5.41) is 0. The molecule has 1 atom stereocenters. The third-order valence-corrected chi connectivity index (χ3v) is 4.14. The Kier molecular flexibility index (Phi) is 5.35. The van der Waals surface area contributed by atoms with Crippen LogP contribution in [0.25, 0.3) is 12.2 Å². The second kappa shape index (κ2) is 7.24. The number of nitrogens with two attached hydrogens (primary N) is 1. The lowest BCUT2D eigenvalue weighted by molar-refractivity contribution is 0.476. The SMILES string of the molecule is CCC(C)(N)c1ccc(/C=C/C=C/c2ccccc2)c(C)c1. The molecule has 0 aliphatic rings. The molecule has 0 spiro atoms. The van der Waals surface area contributed by atoms with Gasteiger partial charge in [-0.1, -0.05) is 79.8 Å². The summed E-state index contributed by atoms with van der Waals surface area (Å²) in [7, 11) is 0. The Labute approximate surface area is 134 Å². The predicted octanol–water partition coefficient (Wildman–Crippen LogP) is 5.31. The van der Waals surface area contributed by atoms with Crippen LogP contribution in [0.3, 0.4) is 0 Å². The maximum absolute atomic E-state index is 6.31. The molecule has 2 aromatic rings. The normalized spacial score (nSPS) is 14.5. The van der Waals surface area contributed by atoms with E-state index in [1.54, 1.807) is 0 Å². The minimum absolute atomic E-state index is 0.250. The molecule has 0 amide bonds. The van der Waals surface area contributed by atoms with Crippen molar-refractivity contribution in [2.24, 2.45) is 5.73 Å². The molecule has 114 valence electrons. The summed E-state index contributed by atoms with van der Waals surface area (Å²) in [5.74, 6) is 0. The highest BCUT2D eigenvalue weighted by molar-refractivity contribution is 5.59. The summed E-state index contributed by atoms with van der Waals surface area (Å²) in [5.41, 5.74) is 11.0. The molecule has 22 heavy (non-hydrogen) atoms. The zero-order valence-electron chi connectivity index (χ0n) is 13.7. The van der Waals surface area contributed by atoms with Crippen molar-refractivity contribution in [3.8, 4) is 0 Å². The fourth-order valence-corrected chi connectivity index (χ4v) is 2.31. The Morgan fingerprint density at radius 3 is 2.32 bits per heavy atom. The van der Waals surface area contributed by atoms with Crippen molar-refractivity contribution in [2.75, 3.05) is 0 Å². The van der Waals surface area contributed by atoms with E-state index >= 15 is 0 Å². The first-order valence-corrected chi connectivity index (χ1v) is 7.83. The monoisotopic (exact) mass is 291 g/mol. The van der Waals surface area contributed by atoms with Crippen LogP contribution in [0, 0.1) is 6.92 Å².